The van der Waals surface area contributed by atoms with Crippen LogP contribution in [0.5, 0.6) is 0 Å². The minimum Gasteiger partial charge on any atom is -0.462 e. The first kappa shape index (κ1) is 29.8. The summed E-state index contributed by atoms with van der Waals surface area (Å²) in [6, 6.07) is 17.7. The first-order chi connectivity index (χ1) is 19.8. The number of hydrogen-bond donors (Lipinski definition) is 2. The van der Waals surface area contributed by atoms with E-state index in [4.69, 9.17) is 32.7 Å². The van der Waals surface area contributed by atoms with E-state index in [2.05, 4.69) is 20.6 Å². The molecule has 0 radical (unpaired) electrons. The number of pyridine rings is 2. The molecule has 4 aromatic rings. The molecule has 0 aliphatic carbocycles. The fraction of sp³-hybridized carbons (Fsp3) is 0.226. The molecule has 2 heterocycles. The number of unbranched alkanes of at least 4 members (excludes halogenated alkanes) is 2. The monoisotopic (exact) mass is 592 g/mol. The molecule has 0 spiro atoms. The Morgan fingerprint density at radius 3 is 1.54 bits per heavy atom. The second-order valence-electron chi connectivity index (χ2n) is 9.21. The van der Waals surface area contributed by atoms with Crippen LogP contribution >= 0.6 is 23.2 Å². The van der Waals surface area contributed by atoms with E-state index in [0.717, 1.165) is 22.5 Å². The Balaban J connectivity index is 1.21. The Bertz CT molecular complexity index is 1420. The van der Waals surface area contributed by atoms with Crippen molar-refractivity contribution in [1.29, 1.82) is 0 Å². The van der Waals surface area contributed by atoms with Crippen molar-refractivity contribution in [3.63, 3.8) is 0 Å². The van der Waals surface area contributed by atoms with E-state index >= 15 is 0 Å². The van der Waals surface area contributed by atoms with Gasteiger partial charge in [-0.15, -0.1) is 0 Å². The minimum atomic E-state index is -0.474. The molecule has 0 aliphatic heterocycles. The lowest BCUT2D eigenvalue weighted by Crippen LogP contribution is -2.11. The van der Waals surface area contributed by atoms with Crippen molar-refractivity contribution in [2.45, 2.75) is 33.1 Å². The molecule has 2 aromatic carbocycles. The highest BCUT2D eigenvalue weighted by atomic mass is 35.5. The maximum absolute atomic E-state index is 12.7. The van der Waals surface area contributed by atoms with Gasteiger partial charge in [0, 0.05) is 33.8 Å². The van der Waals surface area contributed by atoms with E-state index in [0.29, 0.717) is 52.1 Å². The second kappa shape index (κ2) is 14.5. The highest BCUT2D eigenvalue weighted by molar-refractivity contribution is 6.32. The van der Waals surface area contributed by atoms with Crippen LogP contribution in [0.2, 0.25) is 10.0 Å². The number of nitrogens with zero attached hydrogens (tertiary/aromatic N) is 2. The van der Waals surface area contributed by atoms with E-state index in [1.807, 2.05) is 38.1 Å². The Morgan fingerprint density at radius 1 is 0.659 bits per heavy atom. The summed E-state index contributed by atoms with van der Waals surface area (Å²) in [5.74, 6) is -0.161. The molecule has 0 atom stereocenters. The highest BCUT2D eigenvalue weighted by Crippen LogP contribution is 2.28. The number of esters is 2. The summed E-state index contributed by atoms with van der Waals surface area (Å²) in [5, 5.41) is 7.57. The predicted molar refractivity (Wildman–Crippen MR) is 162 cm³/mol. The van der Waals surface area contributed by atoms with Gasteiger partial charge in [0.2, 0.25) is 0 Å². The van der Waals surface area contributed by atoms with Crippen LogP contribution in [0.4, 0.5) is 23.0 Å². The Morgan fingerprint density at radius 2 is 1.10 bits per heavy atom. The first-order valence-corrected chi connectivity index (χ1v) is 13.9. The lowest BCUT2D eigenvalue weighted by atomic mass is 10.2. The predicted octanol–water partition coefficient (Wildman–Crippen LogP) is 8.07. The number of carbonyl (C=O) groups is 2. The molecule has 4 rings (SSSR count). The molecular weight excluding hydrogens is 563 g/mol. The van der Waals surface area contributed by atoms with Crippen molar-refractivity contribution in [2.75, 3.05) is 23.8 Å². The summed E-state index contributed by atoms with van der Waals surface area (Å²) in [5.41, 5.74) is 3.88. The van der Waals surface area contributed by atoms with Gasteiger partial charge in [-0.05, 0) is 92.8 Å². The van der Waals surface area contributed by atoms with E-state index in [1.165, 1.54) is 0 Å². The number of halogens is 2. The Labute approximate surface area is 249 Å². The molecule has 212 valence electrons. The van der Waals surface area contributed by atoms with E-state index in [9.17, 15) is 9.59 Å². The summed E-state index contributed by atoms with van der Waals surface area (Å²) in [7, 11) is 0. The molecule has 0 saturated heterocycles. The van der Waals surface area contributed by atoms with Crippen molar-refractivity contribution in [2.24, 2.45) is 0 Å². The molecule has 8 nitrogen and oxygen atoms in total. The SMILES string of the molecule is Cc1c(Cl)cccc1Nc1ncccc1C(=O)OCCCCCOC(=O)c1cccnc1Nc1cccc(Cl)c1C. The van der Waals surface area contributed by atoms with E-state index in [1.54, 1.807) is 48.8 Å². The van der Waals surface area contributed by atoms with E-state index in [-0.39, 0.29) is 13.2 Å². The largest absolute Gasteiger partial charge is 0.462 e. The molecule has 0 amide bonds. The molecule has 0 aliphatic rings. The number of aromatic nitrogens is 2. The quantitative estimate of drug-likeness (QED) is 0.126. The molecule has 10 heteroatoms. The molecule has 0 fully saturated rings. The number of nitrogens with one attached hydrogen (secondary N) is 2. The van der Waals surface area contributed by atoms with Gasteiger partial charge in [-0.25, -0.2) is 19.6 Å². The Hall–Kier alpha value is -4.14. The smallest absolute Gasteiger partial charge is 0.341 e. The zero-order valence-corrected chi connectivity index (χ0v) is 24.3. The van der Waals surface area contributed by atoms with Crippen molar-refractivity contribution in [3.05, 3.63) is 105 Å². The summed E-state index contributed by atoms with van der Waals surface area (Å²) < 4.78 is 10.9. The van der Waals surface area contributed by atoms with Gasteiger partial charge < -0.3 is 20.1 Å². The third-order valence-corrected chi connectivity index (χ3v) is 7.17. The van der Waals surface area contributed by atoms with Gasteiger partial charge in [-0.2, -0.15) is 0 Å². The van der Waals surface area contributed by atoms with Crippen LogP contribution in [0.3, 0.4) is 0 Å². The first-order valence-electron chi connectivity index (χ1n) is 13.1. The van der Waals surface area contributed by atoms with Crippen molar-refractivity contribution >= 4 is 58.2 Å². The zero-order valence-electron chi connectivity index (χ0n) is 22.7. The van der Waals surface area contributed by atoms with Gasteiger partial charge in [0.05, 0.1) is 13.2 Å². The molecule has 0 bridgehead atoms. The summed E-state index contributed by atoms with van der Waals surface area (Å²) in [6.45, 7) is 4.23. The normalized spacial score (nSPS) is 10.6. The van der Waals surface area contributed by atoms with Crippen molar-refractivity contribution < 1.29 is 19.1 Å². The number of ether oxygens (including phenoxy) is 2. The topological polar surface area (TPSA) is 102 Å². The maximum Gasteiger partial charge on any atom is 0.341 e. The van der Waals surface area contributed by atoms with E-state index < -0.39 is 11.9 Å². The molecular formula is C31H30Cl2N4O4. The van der Waals surface area contributed by atoms with Gasteiger partial charge in [-0.1, -0.05) is 35.3 Å². The molecule has 2 aromatic heterocycles. The molecule has 41 heavy (non-hydrogen) atoms. The fourth-order valence-corrected chi connectivity index (χ4v) is 4.30. The van der Waals surface area contributed by atoms with Crippen LogP contribution in [0.25, 0.3) is 0 Å². The average molecular weight is 594 g/mol. The van der Waals surface area contributed by atoms with Crippen LogP contribution in [0, 0.1) is 13.8 Å². The van der Waals surface area contributed by atoms with Crippen LogP contribution < -0.4 is 10.6 Å². The fourth-order valence-electron chi connectivity index (χ4n) is 3.95. The van der Waals surface area contributed by atoms with Crippen LogP contribution in [-0.2, 0) is 9.47 Å². The van der Waals surface area contributed by atoms with Gasteiger partial charge in [-0.3, -0.25) is 0 Å². The lowest BCUT2D eigenvalue weighted by Gasteiger charge is -2.13. The van der Waals surface area contributed by atoms with Gasteiger partial charge in [0.25, 0.3) is 0 Å². The number of benzene rings is 2. The zero-order chi connectivity index (χ0) is 29.2. The molecule has 0 saturated carbocycles. The maximum atomic E-state index is 12.7. The standard InChI is InChI=1S/C31H30Cl2N4O4/c1-20-24(32)12-6-14-26(20)36-28-22(10-8-16-34-28)30(38)40-18-4-3-5-19-41-31(39)23-11-9-17-35-29(23)37-27-15-7-13-25(33)21(27)2/h6-17H,3-5,18-19H2,1-2H3,(H,34,36)(H,35,37). The van der Waals surface area contributed by atoms with Crippen LogP contribution in [0.1, 0.15) is 51.1 Å². The Kier molecular flexibility index (Phi) is 10.5. The van der Waals surface area contributed by atoms with Gasteiger partial charge >= 0.3 is 11.9 Å². The lowest BCUT2D eigenvalue weighted by molar-refractivity contribution is 0.0479. The molecule has 2 N–H and O–H groups in total. The summed E-state index contributed by atoms with van der Waals surface area (Å²) in [4.78, 5) is 34.0. The minimum absolute atomic E-state index is 0.229. The number of rotatable bonds is 12. The third kappa shape index (κ3) is 7.96. The summed E-state index contributed by atoms with van der Waals surface area (Å²) in [6.07, 6.45) is 5.15. The average Bonchev–Trinajstić information content (AvgIpc) is 2.97. The number of hydrogen-bond acceptors (Lipinski definition) is 8. The second-order valence-corrected chi connectivity index (χ2v) is 10.0. The number of carbonyl (C=O) groups excluding carboxylic acids is 2. The van der Waals surface area contributed by atoms with Crippen molar-refractivity contribution in [3.8, 4) is 0 Å². The van der Waals surface area contributed by atoms with Gasteiger partial charge in [0.1, 0.15) is 22.8 Å². The van der Waals surface area contributed by atoms with Crippen LogP contribution in [-0.4, -0.2) is 35.1 Å². The molecule has 0 unspecified atom stereocenters. The number of anilines is 4. The van der Waals surface area contributed by atoms with Crippen molar-refractivity contribution in [1.82, 2.24) is 9.97 Å². The highest BCUT2D eigenvalue weighted by Gasteiger charge is 2.16. The van der Waals surface area contributed by atoms with Crippen LogP contribution in [0.15, 0.2) is 73.1 Å². The summed E-state index contributed by atoms with van der Waals surface area (Å²) >= 11 is 12.4. The van der Waals surface area contributed by atoms with Gasteiger partial charge in [0.15, 0.2) is 0 Å². The third-order valence-electron chi connectivity index (χ3n) is 6.35.